The summed E-state index contributed by atoms with van der Waals surface area (Å²) < 4.78 is 4.51. The molecule has 6 aromatic carbocycles. The van der Waals surface area contributed by atoms with Gasteiger partial charge in [-0.2, -0.15) is 5.26 Å². The fraction of sp³-hybridized carbons (Fsp3) is 0.0952. The highest BCUT2D eigenvalue weighted by atomic mass is 15.1. The van der Waals surface area contributed by atoms with Gasteiger partial charge in [-0.25, -0.2) is 4.85 Å². The van der Waals surface area contributed by atoms with Crippen LogP contribution in [0.3, 0.4) is 0 Å². The third kappa shape index (κ3) is 4.05. The predicted octanol–water partition coefficient (Wildman–Crippen LogP) is 11.2. The monoisotopic (exact) mass is 590 g/mol. The number of aromatic nitrogens is 2. The quantitative estimate of drug-likeness (QED) is 0.189. The zero-order valence-corrected chi connectivity index (χ0v) is 26.2. The van der Waals surface area contributed by atoms with Gasteiger partial charge in [-0.3, -0.25) is 0 Å². The van der Waals surface area contributed by atoms with E-state index in [1.165, 1.54) is 33.0 Å². The second-order valence-corrected chi connectivity index (χ2v) is 12.4. The number of hydrogen-bond acceptors (Lipinski definition) is 1. The molecule has 0 atom stereocenters. The lowest BCUT2D eigenvalue weighted by molar-refractivity contribution is 1.14. The van der Waals surface area contributed by atoms with E-state index >= 15 is 0 Å². The summed E-state index contributed by atoms with van der Waals surface area (Å²) in [7, 11) is 0. The molecule has 2 aromatic heterocycles. The number of fused-ring (bicyclic) bond motifs is 6. The second-order valence-electron chi connectivity index (χ2n) is 12.4. The minimum absolute atomic E-state index is 0.555. The number of nitrogens with zero attached hydrogens (tertiary/aromatic N) is 4. The van der Waals surface area contributed by atoms with Crippen molar-refractivity contribution in [2.45, 2.75) is 27.7 Å². The van der Waals surface area contributed by atoms with Gasteiger partial charge in [0.2, 0.25) is 5.69 Å². The molecule has 0 aliphatic rings. The van der Waals surface area contributed by atoms with E-state index in [0.29, 0.717) is 11.3 Å². The van der Waals surface area contributed by atoms with E-state index in [1.54, 1.807) is 0 Å². The zero-order chi connectivity index (χ0) is 31.7. The van der Waals surface area contributed by atoms with Gasteiger partial charge in [0.05, 0.1) is 51.6 Å². The molecule has 0 bridgehead atoms. The van der Waals surface area contributed by atoms with Crippen LogP contribution in [-0.2, 0) is 0 Å². The van der Waals surface area contributed by atoms with Crippen LogP contribution in [-0.4, -0.2) is 9.13 Å². The molecule has 0 spiro atoms. The summed E-state index contributed by atoms with van der Waals surface area (Å²) in [6, 6.07) is 40.4. The fourth-order valence-electron chi connectivity index (χ4n) is 7.08. The first-order valence-corrected chi connectivity index (χ1v) is 15.4. The molecule has 0 amide bonds. The molecule has 0 N–H and O–H groups in total. The highest BCUT2D eigenvalue weighted by Gasteiger charge is 2.24. The van der Waals surface area contributed by atoms with Gasteiger partial charge in [0.25, 0.3) is 0 Å². The summed E-state index contributed by atoms with van der Waals surface area (Å²) in [6.07, 6.45) is 0. The SMILES string of the molecule is [C-]#[N+]c1c(-n2c3ccc(C)cc3c3cc(C)ccc32)ccc(-c2cccc(C#N)c2)c1-n1c2ccc(C)cc2c2cc(C)ccc21. The molecule has 0 radical (unpaired) electrons. The van der Waals surface area contributed by atoms with Crippen LogP contribution in [0.25, 0.3) is 71.0 Å². The standard InChI is InChI=1S/C42H30N4/c1-25-9-14-36-32(19-25)33-20-26(2)10-15-37(33)45(36)40-18-13-31(30-8-6-7-29(23-30)24-43)42(41(40)44-5)46-38-16-11-27(3)21-34(38)35-22-28(4)12-17-39(35)46/h6-23H,1-4H3. The first kappa shape index (κ1) is 27.4. The Morgan fingerprint density at radius 3 is 1.50 bits per heavy atom. The van der Waals surface area contributed by atoms with Gasteiger partial charge >= 0.3 is 0 Å². The van der Waals surface area contributed by atoms with Gasteiger partial charge in [0, 0.05) is 21.5 Å². The van der Waals surface area contributed by atoms with Crippen LogP contribution in [0, 0.1) is 45.6 Å². The summed E-state index contributed by atoms with van der Waals surface area (Å²) in [5.41, 5.74) is 13.5. The Bertz CT molecular complexity index is 2530. The largest absolute Gasteiger partial charge is 0.319 e. The normalized spacial score (nSPS) is 11.4. The molecule has 0 fully saturated rings. The minimum atomic E-state index is 0.555. The molecular weight excluding hydrogens is 560 g/mol. The first-order chi connectivity index (χ1) is 22.4. The van der Waals surface area contributed by atoms with Gasteiger partial charge in [-0.15, -0.1) is 0 Å². The number of nitriles is 1. The van der Waals surface area contributed by atoms with Gasteiger partial charge < -0.3 is 9.13 Å². The molecule has 8 aromatic rings. The molecule has 0 aliphatic heterocycles. The molecule has 2 heterocycles. The highest BCUT2D eigenvalue weighted by Crippen LogP contribution is 2.46. The average Bonchev–Trinajstić information content (AvgIpc) is 3.54. The lowest BCUT2D eigenvalue weighted by Gasteiger charge is -2.20. The molecule has 0 aliphatic carbocycles. The van der Waals surface area contributed by atoms with E-state index in [0.717, 1.165) is 55.3 Å². The lowest BCUT2D eigenvalue weighted by Crippen LogP contribution is -2.02. The van der Waals surface area contributed by atoms with Gasteiger partial charge in [0.1, 0.15) is 0 Å². The Hall–Kier alpha value is -6.10. The average molecular weight is 591 g/mol. The molecule has 46 heavy (non-hydrogen) atoms. The van der Waals surface area contributed by atoms with Crippen molar-refractivity contribution in [3.8, 4) is 28.6 Å². The van der Waals surface area contributed by atoms with Crippen molar-refractivity contribution in [2.75, 3.05) is 0 Å². The maximum absolute atomic E-state index is 9.80. The second kappa shape index (κ2) is 10.2. The van der Waals surface area contributed by atoms with E-state index in [1.807, 2.05) is 24.3 Å². The van der Waals surface area contributed by atoms with Crippen molar-refractivity contribution in [3.05, 3.63) is 148 Å². The minimum Gasteiger partial charge on any atom is -0.319 e. The zero-order valence-electron chi connectivity index (χ0n) is 26.2. The van der Waals surface area contributed by atoms with Crippen LogP contribution in [0.15, 0.2) is 109 Å². The topological polar surface area (TPSA) is 38.0 Å². The number of benzene rings is 6. The van der Waals surface area contributed by atoms with E-state index in [9.17, 15) is 5.26 Å². The van der Waals surface area contributed by atoms with Crippen molar-refractivity contribution in [2.24, 2.45) is 0 Å². The van der Waals surface area contributed by atoms with E-state index in [-0.39, 0.29) is 0 Å². The molecule has 0 saturated heterocycles. The van der Waals surface area contributed by atoms with Crippen molar-refractivity contribution in [1.82, 2.24) is 9.13 Å². The van der Waals surface area contributed by atoms with Crippen molar-refractivity contribution in [3.63, 3.8) is 0 Å². The Morgan fingerprint density at radius 1 is 0.565 bits per heavy atom. The number of hydrogen-bond donors (Lipinski definition) is 0. The summed E-state index contributed by atoms with van der Waals surface area (Å²) >= 11 is 0. The van der Waals surface area contributed by atoms with Gasteiger partial charge in [-0.05, 0) is 106 Å². The Labute approximate surface area is 267 Å². The highest BCUT2D eigenvalue weighted by molar-refractivity contribution is 6.13. The van der Waals surface area contributed by atoms with Crippen molar-refractivity contribution < 1.29 is 0 Å². The van der Waals surface area contributed by atoms with Crippen LogP contribution in [0.4, 0.5) is 5.69 Å². The first-order valence-electron chi connectivity index (χ1n) is 15.4. The van der Waals surface area contributed by atoms with E-state index < -0.39 is 0 Å². The predicted molar refractivity (Wildman–Crippen MR) is 190 cm³/mol. The van der Waals surface area contributed by atoms with Crippen LogP contribution in [0.1, 0.15) is 27.8 Å². The van der Waals surface area contributed by atoms with Gasteiger partial charge in [-0.1, -0.05) is 64.7 Å². The van der Waals surface area contributed by atoms with Crippen LogP contribution in [0.2, 0.25) is 0 Å². The van der Waals surface area contributed by atoms with Crippen molar-refractivity contribution >= 4 is 49.3 Å². The van der Waals surface area contributed by atoms with Crippen LogP contribution >= 0.6 is 0 Å². The Balaban J connectivity index is 1.58. The molecule has 4 heteroatoms. The summed E-state index contributed by atoms with van der Waals surface area (Å²) in [5, 5.41) is 14.4. The van der Waals surface area contributed by atoms with Gasteiger partial charge in [0.15, 0.2) is 0 Å². The molecule has 0 unspecified atom stereocenters. The summed E-state index contributed by atoms with van der Waals surface area (Å²) in [4.78, 5) is 4.35. The number of aryl methyl sites for hydroxylation is 4. The summed E-state index contributed by atoms with van der Waals surface area (Å²) in [5.74, 6) is 0. The van der Waals surface area contributed by atoms with E-state index in [2.05, 4.69) is 133 Å². The summed E-state index contributed by atoms with van der Waals surface area (Å²) in [6.45, 7) is 17.3. The molecule has 218 valence electrons. The third-order valence-electron chi connectivity index (χ3n) is 9.16. The number of rotatable bonds is 3. The third-order valence-corrected chi connectivity index (χ3v) is 9.16. The molecule has 4 nitrogen and oxygen atoms in total. The van der Waals surface area contributed by atoms with Crippen LogP contribution in [0.5, 0.6) is 0 Å². The molecule has 8 rings (SSSR count). The molecule has 0 saturated carbocycles. The Kier molecular flexibility index (Phi) is 6.11. The molecular formula is C42H30N4. The van der Waals surface area contributed by atoms with E-state index in [4.69, 9.17) is 6.57 Å². The Morgan fingerprint density at radius 2 is 1.04 bits per heavy atom. The maximum atomic E-state index is 9.80. The maximum Gasteiger partial charge on any atom is 0.234 e. The fourth-order valence-corrected chi connectivity index (χ4v) is 7.08. The van der Waals surface area contributed by atoms with Crippen LogP contribution < -0.4 is 0 Å². The van der Waals surface area contributed by atoms with Crippen molar-refractivity contribution in [1.29, 1.82) is 5.26 Å². The lowest BCUT2D eigenvalue weighted by atomic mass is 9.99. The smallest absolute Gasteiger partial charge is 0.234 e.